The molecule has 0 saturated heterocycles. The third kappa shape index (κ3) is 6.46. The van der Waals surface area contributed by atoms with E-state index < -0.39 is 6.10 Å². The van der Waals surface area contributed by atoms with Gasteiger partial charge < -0.3 is 20.5 Å². The summed E-state index contributed by atoms with van der Waals surface area (Å²) in [5, 5.41) is 3.27. The van der Waals surface area contributed by atoms with E-state index in [1.165, 1.54) is 0 Å². The largest absolute Gasteiger partial charge is 0.492 e. The van der Waals surface area contributed by atoms with Crippen LogP contribution in [0.1, 0.15) is 12.5 Å². The molecule has 1 amide bonds. The molecule has 2 rings (SSSR count). The normalized spacial score (nSPS) is 11.2. The number of nitrogens with one attached hydrogen (secondary N) is 1. The molecule has 1 atom stereocenters. The van der Waals surface area contributed by atoms with E-state index in [-0.39, 0.29) is 18.3 Å². The van der Waals surface area contributed by atoms with Crippen LogP contribution < -0.4 is 20.5 Å². The molecule has 3 N–H and O–H groups in total. The van der Waals surface area contributed by atoms with Crippen molar-refractivity contribution in [3.05, 3.63) is 53.1 Å². The Morgan fingerprint density at radius 3 is 2.56 bits per heavy atom. The van der Waals surface area contributed by atoms with Crippen molar-refractivity contribution in [2.75, 3.05) is 18.5 Å². The molecular formula is C18H22Cl2N2O3. The predicted molar refractivity (Wildman–Crippen MR) is 103 cm³/mol. The number of carbonyl (C=O) groups excluding carboxylic acids is 1. The first-order valence-electron chi connectivity index (χ1n) is 7.66. The molecule has 0 aliphatic carbocycles. The lowest BCUT2D eigenvalue weighted by atomic mass is 10.2. The molecule has 0 saturated carbocycles. The summed E-state index contributed by atoms with van der Waals surface area (Å²) >= 11 is 6.08. The summed E-state index contributed by atoms with van der Waals surface area (Å²) in [7, 11) is 0. The Balaban J connectivity index is 0.00000312. The van der Waals surface area contributed by atoms with E-state index in [2.05, 4.69) is 5.32 Å². The summed E-state index contributed by atoms with van der Waals surface area (Å²) in [6.07, 6.45) is -0.683. The number of amides is 1. The maximum absolute atomic E-state index is 12.2. The predicted octanol–water partition coefficient (Wildman–Crippen LogP) is 3.81. The average molecular weight is 385 g/mol. The monoisotopic (exact) mass is 384 g/mol. The Labute approximate surface area is 158 Å². The van der Waals surface area contributed by atoms with Gasteiger partial charge in [-0.2, -0.15) is 0 Å². The van der Waals surface area contributed by atoms with Gasteiger partial charge >= 0.3 is 0 Å². The topological polar surface area (TPSA) is 73.6 Å². The van der Waals surface area contributed by atoms with Crippen LogP contribution in [0.2, 0.25) is 5.02 Å². The molecule has 5 nitrogen and oxygen atoms in total. The smallest absolute Gasteiger partial charge is 0.265 e. The lowest BCUT2D eigenvalue weighted by molar-refractivity contribution is -0.122. The zero-order valence-electron chi connectivity index (χ0n) is 14.1. The fourth-order valence-electron chi connectivity index (χ4n) is 2.00. The molecule has 2 aromatic rings. The van der Waals surface area contributed by atoms with Gasteiger partial charge in [0, 0.05) is 12.2 Å². The van der Waals surface area contributed by atoms with Gasteiger partial charge in [-0.3, -0.25) is 4.79 Å². The summed E-state index contributed by atoms with van der Waals surface area (Å²) in [6.45, 7) is 4.51. The molecule has 0 fully saturated rings. The second kappa shape index (κ2) is 10.1. The molecule has 2 aromatic carbocycles. The molecule has 0 bridgehead atoms. The van der Waals surface area contributed by atoms with Gasteiger partial charge in [-0.05, 0) is 55.8 Å². The minimum absolute atomic E-state index is 0. The molecule has 0 spiro atoms. The lowest BCUT2D eigenvalue weighted by Crippen LogP contribution is -2.30. The molecule has 0 aromatic heterocycles. The van der Waals surface area contributed by atoms with Crippen LogP contribution in [0.5, 0.6) is 11.5 Å². The number of hydrogen-bond donors (Lipinski definition) is 2. The summed E-state index contributed by atoms with van der Waals surface area (Å²) < 4.78 is 11.0. The minimum atomic E-state index is -0.683. The van der Waals surface area contributed by atoms with Crippen molar-refractivity contribution in [2.24, 2.45) is 5.73 Å². The van der Waals surface area contributed by atoms with E-state index in [0.29, 0.717) is 35.4 Å². The Morgan fingerprint density at radius 2 is 1.92 bits per heavy atom. The second-order valence-corrected chi connectivity index (χ2v) is 5.75. The molecule has 0 aliphatic rings. The van der Waals surface area contributed by atoms with Gasteiger partial charge in [0.1, 0.15) is 18.1 Å². The highest BCUT2D eigenvalue weighted by molar-refractivity contribution is 6.32. The number of nitrogens with two attached hydrogens (primary N) is 1. The van der Waals surface area contributed by atoms with E-state index in [1.807, 2.05) is 13.0 Å². The third-order valence-electron chi connectivity index (χ3n) is 3.27. The van der Waals surface area contributed by atoms with Crippen molar-refractivity contribution >= 4 is 35.6 Å². The highest BCUT2D eigenvalue weighted by Crippen LogP contribution is 2.26. The number of aryl methyl sites for hydroxylation is 1. The van der Waals surface area contributed by atoms with Gasteiger partial charge in [-0.1, -0.05) is 17.7 Å². The number of ether oxygens (including phenoxy) is 2. The first-order valence-corrected chi connectivity index (χ1v) is 8.04. The maximum atomic E-state index is 12.2. The highest BCUT2D eigenvalue weighted by Gasteiger charge is 2.16. The summed E-state index contributed by atoms with van der Waals surface area (Å²) in [5.74, 6) is 0.933. The Hall–Kier alpha value is -1.95. The SMILES string of the molecule is Cc1ccc(Cl)c(OC(C)C(=O)Nc2ccc(OCCN)cc2)c1.Cl. The molecule has 136 valence electrons. The van der Waals surface area contributed by atoms with Crippen LogP contribution in [0.25, 0.3) is 0 Å². The number of anilines is 1. The van der Waals surface area contributed by atoms with Crippen LogP contribution in [0.4, 0.5) is 5.69 Å². The summed E-state index contributed by atoms with van der Waals surface area (Å²) in [6, 6.07) is 12.5. The van der Waals surface area contributed by atoms with Gasteiger partial charge in [-0.25, -0.2) is 0 Å². The standard InChI is InChI=1S/C18H21ClN2O3.ClH/c1-12-3-8-16(19)17(11-12)24-13(2)18(22)21-14-4-6-15(7-5-14)23-10-9-20;/h3-8,11,13H,9-10,20H2,1-2H3,(H,21,22);1H. The molecule has 0 radical (unpaired) electrons. The Bertz CT molecular complexity index is 693. The molecule has 1 unspecified atom stereocenters. The van der Waals surface area contributed by atoms with Gasteiger partial charge in [-0.15, -0.1) is 12.4 Å². The quantitative estimate of drug-likeness (QED) is 0.760. The number of benzene rings is 2. The van der Waals surface area contributed by atoms with E-state index in [4.69, 9.17) is 26.8 Å². The average Bonchev–Trinajstić information content (AvgIpc) is 2.57. The second-order valence-electron chi connectivity index (χ2n) is 5.34. The van der Waals surface area contributed by atoms with Gasteiger partial charge in [0.25, 0.3) is 5.91 Å². The van der Waals surface area contributed by atoms with E-state index in [0.717, 1.165) is 5.56 Å². The van der Waals surface area contributed by atoms with Crippen LogP contribution in [0.15, 0.2) is 42.5 Å². The van der Waals surface area contributed by atoms with Crippen molar-refractivity contribution < 1.29 is 14.3 Å². The maximum Gasteiger partial charge on any atom is 0.265 e. The summed E-state index contributed by atoms with van der Waals surface area (Å²) in [4.78, 5) is 12.2. The first kappa shape index (κ1) is 21.1. The van der Waals surface area contributed by atoms with Crippen molar-refractivity contribution in [3.63, 3.8) is 0 Å². The molecule has 7 heteroatoms. The minimum Gasteiger partial charge on any atom is -0.492 e. The third-order valence-corrected chi connectivity index (χ3v) is 3.58. The molecule has 25 heavy (non-hydrogen) atoms. The highest BCUT2D eigenvalue weighted by atomic mass is 35.5. The van der Waals surface area contributed by atoms with Crippen molar-refractivity contribution in [3.8, 4) is 11.5 Å². The number of carbonyl (C=O) groups is 1. The van der Waals surface area contributed by atoms with Crippen LogP contribution in [0.3, 0.4) is 0 Å². The van der Waals surface area contributed by atoms with Crippen LogP contribution >= 0.6 is 24.0 Å². The van der Waals surface area contributed by atoms with E-state index >= 15 is 0 Å². The van der Waals surface area contributed by atoms with Crippen molar-refractivity contribution in [2.45, 2.75) is 20.0 Å². The van der Waals surface area contributed by atoms with Gasteiger partial charge in [0.05, 0.1) is 5.02 Å². The lowest BCUT2D eigenvalue weighted by Gasteiger charge is -2.16. The Kier molecular flexibility index (Phi) is 8.55. The van der Waals surface area contributed by atoms with Crippen LogP contribution in [-0.4, -0.2) is 25.2 Å². The van der Waals surface area contributed by atoms with Crippen molar-refractivity contribution in [1.82, 2.24) is 0 Å². The fourth-order valence-corrected chi connectivity index (χ4v) is 2.16. The van der Waals surface area contributed by atoms with E-state index in [9.17, 15) is 4.79 Å². The fraction of sp³-hybridized carbons (Fsp3) is 0.278. The molecule has 0 aliphatic heterocycles. The number of hydrogen-bond acceptors (Lipinski definition) is 4. The first-order chi connectivity index (χ1) is 11.5. The summed E-state index contributed by atoms with van der Waals surface area (Å²) in [5.41, 5.74) is 7.05. The van der Waals surface area contributed by atoms with Crippen molar-refractivity contribution in [1.29, 1.82) is 0 Å². The zero-order chi connectivity index (χ0) is 17.5. The van der Waals surface area contributed by atoms with Crippen LogP contribution in [-0.2, 0) is 4.79 Å². The van der Waals surface area contributed by atoms with Gasteiger partial charge in [0.2, 0.25) is 0 Å². The molecule has 0 heterocycles. The van der Waals surface area contributed by atoms with Crippen LogP contribution in [0, 0.1) is 6.92 Å². The Morgan fingerprint density at radius 1 is 1.24 bits per heavy atom. The van der Waals surface area contributed by atoms with E-state index in [1.54, 1.807) is 43.3 Å². The van der Waals surface area contributed by atoms with Gasteiger partial charge in [0.15, 0.2) is 6.10 Å². The number of rotatable bonds is 7. The molecular weight excluding hydrogens is 363 g/mol. The number of halogens is 2. The zero-order valence-corrected chi connectivity index (χ0v) is 15.7.